The first-order valence-electron chi connectivity index (χ1n) is 8.56. The molecule has 24 heavy (non-hydrogen) atoms. The molecule has 1 aromatic rings. The number of ether oxygens (including phenoxy) is 2. The van der Waals surface area contributed by atoms with Gasteiger partial charge in [-0.25, -0.2) is 4.79 Å². The topological polar surface area (TPSA) is 59.6 Å². The van der Waals surface area contributed by atoms with E-state index < -0.39 is 5.60 Å². The molecule has 1 aromatic carbocycles. The summed E-state index contributed by atoms with van der Waals surface area (Å²) in [5, 5.41) is 6.25. The Labute approximate surface area is 146 Å². The number of amides is 1. The summed E-state index contributed by atoms with van der Waals surface area (Å²) in [7, 11) is 0. The number of carbonyl (C=O) groups is 1. The molecule has 2 N–H and O–H groups in total. The molecule has 1 rings (SSSR count). The maximum Gasteiger partial charge on any atom is 0.407 e. The Balaban J connectivity index is 2.42. The minimum atomic E-state index is -0.482. The van der Waals surface area contributed by atoms with E-state index in [2.05, 4.69) is 29.7 Å². The van der Waals surface area contributed by atoms with Gasteiger partial charge in [-0.3, -0.25) is 0 Å². The molecule has 0 aliphatic carbocycles. The number of carbonyl (C=O) groups excluding carboxylic acids is 1. The monoisotopic (exact) mass is 336 g/mol. The molecule has 2 unspecified atom stereocenters. The van der Waals surface area contributed by atoms with Crippen molar-refractivity contribution in [2.24, 2.45) is 0 Å². The summed E-state index contributed by atoms with van der Waals surface area (Å²) in [5.41, 5.74) is 0.695. The number of benzene rings is 1. The van der Waals surface area contributed by atoms with E-state index in [-0.39, 0.29) is 24.3 Å². The van der Waals surface area contributed by atoms with Crippen molar-refractivity contribution in [3.8, 4) is 5.75 Å². The molecular formula is C19H32N2O3. The second kappa shape index (κ2) is 8.92. The van der Waals surface area contributed by atoms with Gasteiger partial charge >= 0.3 is 6.09 Å². The van der Waals surface area contributed by atoms with Gasteiger partial charge in [-0.15, -0.1) is 0 Å². The number of nitrogens with one attached hydrogen (secondary N) is 2. The van der Waals surface area contributed by atoms with Crippen molar-refractivity contribution in [2.45, 2.75) is 72.3 Å². The van der Waals surface area contributed by atoms with Crippen molar-refractivity contribution in [1.29, 1.82) is 0 Å². The highest BCUT2D eigenvalue weighted by atomic mass is 16.6. The molecule has 0 heterocycles. The van der Waals surface area contributed by atoms with Crippen LogP contribution in [0.15, 0.2) is 24.3 Å². The molecule has 0 bridgehead atoms. The molecule has 5 nitrogen and oxygen atoms in total. The fourth-order valence-electron chi connectivity index (χ4n) is 2.14. The second-order valence-corrected chi connectivity index (χ2v) is 7.41. The van der Waals surface area contributed by atoms with Crippen molar-refractivity contribution >= 4 is 6.09 Å². The Bertz CT molecular complexity index is 506. The van der Waals surface area contributed by atoms with E-state index in [0.29, 0.717) is 6.54 Å². The third-order valence-electron chi connectivity index (χ3n) is 3.25. The van der Waals surface area contributed by atoms with Gasteiger partial charge in [-0.05, 0) is 66.2 Å². The van der Waals surface area contributed by atoms with Gasteiger partial charge in [0, 0.05) is 18.6 Å². The Morgan fingerprint density at radius 3 is 2.17 bits per heavy atom. The van der Waals surface area contributed by atoms with Crippen LogP contribution in [0.25, 0.3) is 0 Å². The van der Waals surface area contributed by atoms with E-state index in [0.717, 1.165) is 5.75 Å². The minimum absolute atomic E-state index is 0.0224. The number of hydrogen-bond acceptors (Lipinski definition) is 4. The quantitative estimate of drug-likeness (QED) is 0.789. The molecule has 136 valence electrons. The Morgan fingerprint density at radius 2 is 1.67 bits per heavy atom. The van der Waals surface area contributed by atoms with Crippen LogP contribution in [0.1, 0.15) is 60.1 Å². The van der Waals surface area contributed by atoms with Gasteiger partial charge < -0.3 is 20.1 Å². The van der Waals surface area contributed by atoms with Crippen LogP contribution in [0.4, 0.5) is 4.79 Å². The van der Waals surface area contributed by atoms with Gasteiger partial charge in [0.2, 0.25) is 0 Å². The van der Waals surface area contributed by atoms with E-state index in [1.54, 1.807) is 0 Å². The largest absolute Gasteiger partial charge is 0.491 e. The van der Waals surface area contributed by atoms with E-state index >= 15 is 0 Å². The van der Waals surface area contributed by atoms with E-state index in [1.807, 2.05) is 53.7 Å². The van der Waals surface area contributed by atoms with Crippen molar-refractivity contribution in [2.75, 3.05) is 6.54 Å². The lowest BCUT2D eigenvalue weighted by atomic mass is 10.1. The maximum absolute atomic E-state index is 11.7. The summed E-state index contributed by atoms with van der Waals surface area (Å²) in [5.74, 6) is 0.876. The van der Waals surface area contributed by atoms with Gasteiger partial charge in [0.05, 0.1) is 6.10 Å². The lowest BCUT2D eigenvalue weighted by Gasteiger charge is -2.23. The Kier molecular flexibility index (Phi) is 7.55. The van der Waals surface area contributed by atoms with Crippen molar-refractivity contribution in [3.63, 3.8) is 0 Å². The summed E-state index contributed by atoms with van der Waals surface area (Å²) in [6, 6.07) is 8.24. The average molecular weight is 336 g/mol. The summed E-state index contributed by atoms with van der Waals surface area (Å²) in [6.07, 6.45) is -0.217. The van der Waals surface area contributed by atoms with Crippen LogP contribution in [-0.2, 0) is 4.74 Å². The minimum Gasteiger partial charge on any atom is -0.491 e. The first-order chi connectivity index (χ1) is 11.1. The standard InChI is InChI=1S/C19H32N2O3/c1-13(2)23-17-10-8-16(9-11-17)15(4)20-12-14(3)21-18(22)24-19(5,6)7/h8-11,13-15,20H,12H2,1-7H3,(H,21,22). The molecule has 0 saturated heterocycles. The molecule has 0 spiro atoms. The highest BCUT2D eigenvalue weighted by molar-refractivity contribution is 5.68. The third kappa shape index (κ3) is 8.20. The van der Waals surface area contributed by atoms with Crippen molar-refractivity contribution in [3.05, 3.63) is 29.8 Å². The third-order valence-corrected chi connectivity index (χ3v) is 3.25. The van der Waals surface area contributed by atoms with Crippen molar-refractivity contribution < 1.29 is 14.3 Å². The highest BCUT2D eigenvalue weighted by Crippen LogP contribution is 2.18. The predicted octanol–water partition coefficient (Wildman–Crippen LogP) is 4.04. The lowest BCUT2D eigenvalue weighted by molar-refractivity contribution is 0.0507. The van der Waals surface area contributed by atoms with Gasteiger partial charge in [0.1, 0.15) is 11.4 Å². The van der Waals surface area contributed by atoms with E-state index in [1.165, 1.54) is 5.56 Å². The Hall–Kier alpha value is -1.75. The van der Waals surface area contributed by atoms with Crippen molar-refractivity contribution in [1.82, 2.24) is 10.6 Å². The van der Waals surface area contributed by atoms with Gasteiger partial charge in [0.25, 0.3) is 0 Å². The molecule has 0 aliphatic rings. The van der Waals surface area contributed by atoms with Crippen LogP contribution < -0.4 is 15.4 Å². The molecule has 0 aromatic heterocycles. The fraction of sp³-hybridized carbons (Fsp3) is 0.632. The van der Waals surface area contributed by atoms with Gasteiger partial charge in [-0.1, -0.05) is 12.1 Å². The van der Waals surface area contributed by atoms with E-state index in [9.17, 15) is 4.79 Å². The molecule has 2 atom stereocenters. The van der Waals surface area contributed by atoms with Gasteiger partial charge in [-0.2, -0.15) is 0 Å². The van der Waals surface area contributed by atoms with Crippen LogP contribution in [-0.4, -0.2) is 30.4 Å². The van der Waals surface area contributed by atoms with Crippen LogP contribution in [0.2, 0.25) is 0 Å². The summed E-state index contributed by atoms with van der Waals surface area (Å²) in [6.45, 7) is 14.3. The first kappa shape index (κ1) is 20.3. The fourth-order valence-corrected chi connectivity index (χ4v) is 2.14. The van der Waals surface area contributed by atoms with Crippen LogP contribution in [0.3, 0.4) is 0 Å². The zero-order chi connectivity index (χ0) is 18.3. The zero-order valence-electron chi connectivity index (χ0n) is 16.0. The molecule has 0 saturated carbocycles. The molecular weight excluding hydrogens is 304 g/mol. The summed E-state index contributed by atoms with van der Waals surface area (Å²) >= 11 is 0. The van der Waals surface area contributed by atoms with E-state index in [4.69, 9.17) is 9.47 Å². The number of rotatable bonds is 7. The summed E-state index contributed by atoms with van der Waals surface area (Å²) < 4.78 is 10.9. The second-order valence-electron chi connectivity index (χ2n) is 7.41. The highest BCUT2D eigenvalue weighted by Gasteiger charge is 2.18. The predicted molar refractivity (Wildman–Crippen MR) is 97.5 cm³/mol. The number of hydrogen-bond donors (Lipinski definition) is 2. The lowest BCUT2D eigenvalue weighted by Crippen LogP contribution is -2.43. The Morgan fingerprint density at radius 1 is 1.08 bits per heavy atom. The molecule has 0 aliphatic heterocycles. The van der Waals surface area contributed by atoms with Gasteiger partial charge in [0.15, 0.2) is 0 Å². The van der Waals surface area contributed by atoms with Crippen LogP contribution in [0, 0.1) is 0 Å². The smallest absolute Gasteiger partial charge is 0.407 e. The zero-order valence-corrected chi connectivity index (χ0v) is 16.0. The normalized spacial score (nSPS) is 14.2. The molecule has 0 fully saturated rings. The molecule has 5 heteroatoms. The summed E-state index contributed by atoms with van der Waals surface area (Å²) in [4.78, 5) is 11.7. The first-order valence-corrected chi connectivity index (χ1v) is 8.56. The van der Waals surface area contributed by atoms with Crippen LogP contribution >= 0.6 is 0 Å². The SMILES string of the molecule is CC(CNC(C)c1ccc(OC(C)C)cc1)NC(=O)OC(C)(C)C. The van der Waals surface area contributed by atoms with Crippen LogP contribution in [0.5, 0.6) is 5.75 Å². The number of alkyl carbamates (subject to hydrolysis) is 1. The average Bonchev–Trinajstić information content (AvgIpc) is 2.42. The molecule has 1 amide bonds. The molecule has 0 radical (unpaired) electrons. The maximum atomic E-state index is 11.7.